The minimum Gasteiger partial charge on any atom is -0.480 e. The van der Waals surface area contributed by atoms with E-state index in [4.69, 9.17) is 5.11 Å². The maximum absolute atomic E-state index is 11.6. The van der Waals surface area contributed by atoms with Crippen LogP contribution in [0.15, 0.2) is 6.33 Å². The second-order valence-electron chi connectivity index (χ2n) is 5.57. The van der Waals surface area contributed by atoms with E-state index in [0.29, 0.717) is 19.4 Å². The number of aliphatic carboxylic acids is 1. The number of hydrogen-bond acceptors (Lipinski definition) is 4. The van der Waals surface area contributed by atoms with Crippen molar-refractivity contribution in [1.82, 2.24) is 25.8 Å². The predicted molar refractivity (Wildman–Crippen MR) is 72.1 cm³/mol. The molecule has 1 aromatic rings. The zero-order valence-electron chi connectivity index (χ0n) is 11.9. The van der Waals surface area contributed by atoms with E-state index >= 15 is 0 Å². The van der Waals surface area contributed by atoms with Gasteiger partial charge in [0, 0.05) is 13.0 Å². The molecule has 2 amide bonds. The number of urea groups is 1. The Labute approximate surface area is 117 Å². The molecule has 20 heavy (non-hydrogen) atoms. The average Bonchev–Trinajstić information content (AvgIpc) is 2.83. The van der Waals surface area contributed by atoms with Crippen LogP contribution >= 0.6 is 0 Å². The summed E-state index contributed by atoms with van der Waals surface area (Å²) >= 11 is 0. The Balaban J connectivity index is 2.30. The second kappa shape index (κ2) is 6.88. The quantitative estimate of drug-likeness (QED) is 0.568. The molecule has 1 heterocycles. The number of nitrogens with zero attached hydrogens (tertiary/aromatic N) is 2. The van der Waals surface area contributed by atoms with E-state index in [1.54, 1.807) is 20.8 Å². The van der Waals surface area contributed by atoms with Gasteiger partial charge in [0.05, 0.1) is 0 Å². The highest BCUT2D eigenvalue weighted by Crippen LogP contribution is 2.19. The number of aromatic nitrogens is 3. The highest BCUT2D eigenvalue weighted by atomic mass is 16.4. The third-order valence-corrected chi connectivity index (χ3v) is 2.73. The van der Waals surface area contributed by atoms with Crippen LogP contribution in [0.2, 0.25) is 0 Å². The molecule has 0 fully saturated rings. The summed E-state index contributed by atoms with van der Waals surface area (Å²) < 4.78 is 0. The number of nitrogens with one attached hydrogen (secondary N) is 3. The molecule has 0 unspecified atom stereocenters. The zero-order valence-corrected chi connectivity index (χ0v) is 11.9. The van der Waals surface area contributed by atoms with Gasteiger partial charge in [-0.05, 0) is 11.8 Å². The molecule has 0 saturated heterocycles. The van der Waals surface area contributed by atoms with Crippen molar-refractivity contribution in [1.29, 1.82) is 0 Å². The van der Waals surface area contributed by atoms with Gasteiger partial charge in [-0.1, -0.05) is 20.8 Å². The first-order chi connectivity index (χ1) is 9.30. The van der Waals surface area contributed by atoms with Crippen LogP contribution in [0, 0.1) is 5.41 Å². The van der Waals surface area contributed by atoms with E-state index in [0.717, 1.165) is 5.82 Å². The summed E-state index contributed by atoms with van der Waals surface area (Å²) in [7, 11) is 0. The number of aryl methyl sites for hydroxylation is 1. The van der Waals surface area contributed by atoms with Crippen LogP contribution in [-0.2, 0) is 11.2 Å². The van der Waals surface area contributed by atoms with Crippen molar-refractivity contribution in [3.05, 3.63) is 12.2 Å². The largest absolute Gasteiger partial charge is 0.480 e. The maximum Gasteiger partial charge on any atom is 0.326 e. The summed E-state index contributed by atoms with van der Waals surface area (Å²) in [6, 6.07) is -1.42. The van der Waals surface area contributed by atoms with Gasteiger partial charge in [-0.15, -0.1) is 0 Å². The van der Waals surface area contributed by atoms with Gasteiger partial charge in [-0.3, -0.25) is 5.10 Å². The number of rotatable bonds is 6. The van der Waals surface area contributed by atoms with Gasteiger partial charge in [0.15, 0.2) is 0 Å². The molecule has 0 radical (unpaired) electrons. The van der Waals surface area contributed by atoms with Crippen LogP contribution in [0.3, 0.4) is 0 Å². The molecule has 112 valence electrons. The van der Waals surface area contributed by atoms with Gasteiger partial charge in [0.2, 0.25) is 0 Å². The fraction of sp³-hybridized carbons (Fsp3) is 0.667. The van der Waals surface area contributed by atoms with Crippen LogP contribution in [0.25, 0.3) is 0 Å². The van der Waals surface area contributed by atoms with Gasteiger partial charge in [-0.25, -0.2) is 14.6 Å². The number of amides is 2. The summed E-state index contributed by atoms with van der Waals surface area (Å²) in [5, 5.41) is 20.6. The van der Waals surface area contributed by atoms with Gasteiger partial charge >= 0.3 is 12.0 Å². The first-order valence-electron chi connectivity index (χ1n) is 6.42. The number of carbonyl (C=O) groups excluding carboxylic acids is 1. The molecule has 0 aromatic carbocycles. The Hall–Kier alpha value is -2.12. The number of hydrogen-bond donors (Lipinski definition) is 4. The smallest absolute Gasteiger partial charge is 0.326 e. The molecule has 1 atom stereocenters. The van der Waals surface area contributed by atoms with Crippen LogP contribution in [0.1, 0.15) is 33.0 Å². The Kier molecular flexibility index (Phi) is 5.48. The second-order valence-corrected chi connectivity index (χ2v) is 5.57. The van der Waals surface area contributed by atoms with Crippen molar-refractivity contribution in [2.75, 3.05) is 6.54 Å². The van der Waals surface area contributed by atoms with Crippen molar-refractivity contribution in [2.24, 2.45) is 5.41 Å². The average molecular weight is 283 g/mol. The number of aromatic amines is 1. The number of carboxylic acids is 1. The van der Waals surface area contributed by atoms with E-state index < -0.39 is 23.5 Å². The molecule has 8 heteroatoms. The van der Waals surface area contributed by atoms with Crippen molar-refractivity contribution < 1.29 is 14.7 Å². The first kappa shape index (κ1) is 15.9. The predicted octanol–water partition coefficient (Wildman–Crippen LogP) is 0.536. The lowest BCUT2D eigenvalue weighted by Gasteiger charge is -2.27. The molecule has 1 rings (SSSR count). The minimum atomic E-state index is -1.05. The highest BCUT2D eigenvalue weighted by Gasteiger charge is 2.32. The number of carbonyl (C=O) groups is 2. The standard InChI is InChI=1S/C12H21N5O3/c1-12(2,3)9(10(18)19)16-11(20)13-6-4-5-8-14-7-15-17-8/h7,9H,4-6H2,1-3H3,(H,18,19)(H2,13,16,20)(H,14,15,17)/t9-/m1/s1. The molecule has 0 aliphatic carbocycles. The Morgan fingerprint density at radius 3 is 2.65 bits per heavy atom. The molecular formula is C12H21N5O3. The van der Waals surface area contributed by atoms with Crippen LogP contribution in [0.5, 0.6) is 0 Å². The highest BCUT2D eigenvalue weighted by molar-refractivity contribution is 5.83. The van der Waals surface area contributed by atoms with Crippen LogP contribution in [0.4, 0.5) is 4.79 Å². The third-order valence-electron chi connectivity index (χ3n) is 2.73. The van der Waals surface area contributed by atoms with E-state index in [2.05, 4.69) is 25.8 Å². The molecule has 1 aromatic heterocycles. The molecule has 0 aliphatic heterocycles. The molecular weight excluding hydrogens is 262 g/mol. The Morgan fingerprint density at radius 2 is 2.15 bits per heavy atom. The Bertz CT molecular complexity index is 438. The summed E-state index contributed by atoms with van der Waals surface area (Å²) in [5.41, 5.74) is -0.553. The lowest BCUT2D eigenvalue weighted by atomic mass is 9.87. The van der Waals surface area contributed by atoms with Crippen LogP contribution in [-0.4, -0.2) is 44.9 Å². The van der Waals surface area contributed by atoms with E-state index in [1.165, 1.54) is 6.33 Å². The normalized spacial score (nSPS) is 12.8. The van der Waals surface area contributed by atoms with Gasteiger partial charge in [0.25, 0.3) is 0 Å². The first-order valence-corrected chi connectivity index (χ1v) is 6.42. The molecule has 0 spiro atoms. The van der Waals surface area contributed by atoms with E-state index in [1.807, 2.05) is 0 Å². The lowest BCUT2D eigenvalue weighted by Crippen LogP contribution is -2.52. The zero-order chi connectivity index (χ0) is 15.2. The molecule has 0 bridgehead atoms. The summed E-state index contributed by atoms with van der Waals surface area (Å²) in [4.78, 5) is 26.7. The lowest BCUT2D eigenvalue weighted by molar-refractivity contribution is -0.141. The molecule has 0 aliphatic rings. The fourth-order valence-corrected chi connectivity index (χ4v) is 1.64. The molecule has 8 nitrogen and oxygen atoms in total. The molecule has 0 saturated carbocycles. The topological polar surface area (TPSA) is 120 Å². The number of H-pyrrole nitrogens is 1. The fourth-order valence-electron chi connectivity index (χ4n) is 1.64. The van der Waals surface area contributed by atoms with Gasteiger partial charge in [-0.2, -0.15) is 5.10 Å². The molecule has 4 N–H and O–H groups in total. The van der Waals surface area contributed by atoms with Crippen LogP contribution < -0.4 is 10.6 Å². The minimum absolute atomic E-state index is 0.434. The summed E-state index contributed by atoms with van der Waals surface area (Å²) in [5.74, 6) is -0.292. The SMILES string of the molecule is CC(C)(C)[C@H](NC(=O)NCCCc1ncn[nH]1)C(=O)O. The Morgan fingerprint density at radius 1 is 1.45 bits per heavy atom. The van der Waals surface area contributed by atoms with Gasteiger partial charge < -0.3 is 15.7 Å². The summed E-state index contributed by atoms with van der Waals surface area (Å²) in [6.07, 6.45) is 2.79. The monoisotopic (exact) mass is 283 g/mol. The third kappa shape index (κ3) is 5.25. The van der Waals surface area contributed by atoms with Crippen molar-refractivity contribution in [3.8, 4) is 0 Å². The van der Waals surface area contributed by atoms with Gasteiger partial charge in [0.1, 0.15) is 18.2 Å². The van der Waals surface area contributed by atoms with Crippen molar-refractivity contribution >= 4 is 12.0 Å². The van der Waals surface area contributed by atoms with E-state index in [-0.39, 0.29) is 0 Å². The number of carboxylic acid groups (broad SMARTS) is 1. The maximum atomic E-state index is 11.6. The van der Waals surface area contributed by atoms with Crippen molar-refractivity contribution in [3.63, 3.8) is 0 Å². The van der Waals surface area contributed by atoms with Crippen molar-refractivity contribution in [2.45, 2.75) is 39.7 Å². The van der Waals surface area contributed by atoms with E-state index in [9.17, 15) is 9.59 Å². The summed E-state index contributed by atoms with van der Waals surface area (Å²) in [6.45, 7) is 5.71.